The van der Waals surface area contributed by atoms with Gasteiger partial charge in [0, 0.05) is 0 Å². The van der Waals surface area contributed by atoms with Crippen molar-refractivity contribution in [3.63, 3.8) is 0 Å². The van der Waals surface area contributed by atoms with E-state index in [0.717, 1.165) is 32.1 Å². The first-order valence-electron chi connectivity index (χ1n) is 3.94. The monoisotopic (exact) mass is 145 g/mol. The second kappa shape index (κ2) is 7.03. The highest BCUT2D eigenvalue weighted by Gasteiger charge is 2.05. The average Bonchev–Trinajstić information content (AvgIpc) is 1.98. The van der Waals surface area contributed by atoms with Crippen LogP contribution >= 0.6 is 0 Å². The minimum Gasteiger partial charge on any atom is -0.252 e. The molecule has 1 N–H and O–H groups in total. The predicted octanol–water partition coefficient (Wildman–Crippen LogP) is 2.65. The molecular weight excluding hydrogens is 128 g/mol. The van der Waals surface area contributed by atoms with Crippen LogP contribution in [-0.4, -0.2) is 11.4 Å². The molecule has 0 bridgehead atoms. The first-order valence-corrected chi connectivity index (χ1v) is 3.94. The maximum atomic E-state index is 8.36. The van der Waals surface area contributed by atoms with Gasteiger partial charge in [-0.2, -0.15) is 0 Å². The van der Waals surface area contributed by atoms with Crippen LogP contribution < -0.4 is 0 Å². The van der Waals surface area contributed by atoms with Crippen LogP contribution in [0, 0.1) is 6.92 Å². The fraction of sp³-hybridized carbons (Fsp3) is 0.875. The van der Waals surface area contributed by atoms with Gasteiger partial charge in [0.15, 0.2) is 0 Å². The molecule has 0 spiro atoms. The van der Waals surface area contributed by atoms with E-state index in [0.29, 0.717) is 0 Å². The summed E-state index contributed by atoms with van der Waals surface area (Å²) in [6.45, 7) is 5.81. The zero-order valence-electron chi connectivity index (χ0n) is 6.68. The summed E-state index contributed by atoms with van der Waals surface area (Å²) in [5.41, 5.74) is 0. The summed E-state index contributed by atoms with van der Waals surface area (Å²) >= 11 is 0. The zero-order chi connectivity index (χ0) is 7.82. The molecular formula is C8H17O2. The summed E-state index contributed by atoms with van der Waals surface area (Å²) in [6.07, 6.45) is 4.91. The molecule has 0 rings (SSSR count). The van der Waals surface area contributed by atoms with Crippen molar-refractivity contribution in [2.24, 2.45) is 0 Å². The quantitative estimate of drug-likeness (QED) is 0.460. The van der Waals surface area contributed by atoms with Gasteiger partial charge in [-0.25, -0.2) is 4.89 Å². The molecule has 0 aromatic carbocycles. The van der Waals surface area contributed by atoms with Crippen LogP contribution in [0.25, 0.3) is 0 Å². The number of rotatable bonds is 6. The van der Waals surface area contributed by atoms with Gasteiger partial charge in [-0.3, -0.25) is 5.26 Å². The molecule has 2 heteroatoms. The largest absolute Gasteiger partial charge is 0.252 e. The molecule has 1 unspecified atom stereocenters. The topological polar surface area (TPSA) is 29.5 Å². The second-order valence-electron chi connectivity index (χ2n) is 2.51. The molecule has 2 nitrogen and oxygen atoms in total. The van der Waals surface area contributed by atoms with Crippen molar-refractivity contribution in [3.8, 4) is 0 Å². The molecule has 0 fully saturated rings. The fourth-order valence-electron chi connectivity index (χ4n) is 0.909. The third-order valence-corrected chi connectivity index (χ3v) is 1.55. The Hall–Kier alpha value is -0.0800. The normalized spacial score (nSPS) is 13.5. The van der Waals surface area contributed by atoms with Crippen molar-refractivity contribution in [1.29, 1.82) is 0 Å². The number of hydrogen-bond donors (Lipinski definition) is 1. The summed E-state index contributed by atoms with van der Waals surface area (Å²) in [5.74, 6) is 0. The molecule has 0 aliphatic carbocycles. The lowest BCUT2D eigenvalue weighted by molar-refractivity contribution is -0.281. The molecule has 0 saturated carbocycles. The van der Waals surface area contributed by atoms with Crippen molar-refractivity contribution in [2.75, 3.05) is 0 Å². The highest BCUT2D eigenvalue weighted by molar-refractivity contribution is 4.56. The molecule has 0 aliphatic rings. The summed E-state index contributed by atoms with van der Waals surface area (Å²) in [5, 5.41) is 8.36. The SMILES string of the molecule is [CH2]CCC(CCCC)OO. The lowest BCUT2D eigenvalue weighted by Gasteiger charge is -2.10. The number of hydrogen-bond acceptors (Lipinski definition) is 2. The van der Waals surface area contributed by atoms with E-state index in [1.165, 1.54) is 0 Å². The standard InChI is InChI=1S/C8H17O2/c1-3-5-7-8(10-9)6-4-2/h8-9H,2-7H2,1H3. The van der Waals surface area contributed by atoms with Gasteiger partial charge in [0.25, 0.3) is 0 Å². The number of unbranched alkanes of at least 4 members (excludes halogenated alkanes) is 1. The molecule has 1 atom stereocenters. The maximum Gasteiger partial charge on any atom is 0.0927 e. The van der Waals surface area contributed by atoms with Crippen molar-refractivity contribution in [3.05, 3.63) is 6.92 Å². The lowest BCUT2D eigenvalue weighted by atomic mass is 10.1. The van der Waals surface area contributed by atoms with Gasteiger partial charge < -0.3 is 0 Å². The van der Waals surface area contributed by atoms with Crippen LogP contribution in [-0.2, 0) is 4.89 Å². The van der Waals surface area contributed by atoms with Crippen molar-refractivity contribution in [2.45, 2.75) is 45.1 Å². The summed E-state index contributed by atoms with van der Waals surface area (Å²) < 4.78 is 0. The van der Waals surface area contributed by atoms with Crippen LogP contribution in [0.3, 0.4) is 0 Å². The van der Waals surface area contributed by atoms with E-state index in [1.807, 2.05) is 0 Å². The fourth-order valence-corrected chi connectivity index (χ4v) is 0.909. The van der Waals surface area contributed by atoms with Crippen molar-refractivity contribution < 1.29 is 10.1 Å². The second-order valence-corrected chi connectivity index (χ2v) is 2.51. The van der Waals surface area contributed by atoms with Gasteiger partial charge in [0.1, 0.15) is 0 Å². The molecule has 10 heavy (non-hydrogen) atoms. The van der Waals surface area contributed by atoms with Crippen LogP contribution in [0.1, 0.15) is 39.0 Å². The van der Waals surface area contributed by atoms with E-state index in [9.17, 15) is 0 Å². The molecule has 0 aromatic heterocycles. The summed E-state index contributed by atoms with van der Waals surface area (Å²) in [7, 11) is 0. The van der Waals surface area contributed by atoms with Gasteiger partial charge in [-0.1, -0.05) is 33.1 Å². The molecule has 61 valence electrons. The van der Waals surface area contributed by atoms with E-state index < -0.39 is 0 Å². The smallest absolute Gasteiger partial charge is 0.0927 e. The van der Waals surface area contributed by atoms with Gasteiger partial charge in [-0.05, 0) is 12.8 Å². The lowest BCUT2D eigenvalue weighted by Crippen LogP contribution is -2.09. The maximum absolute atomic E-state index is 8.36. The highest BCUT2D eigenvalue weighted by atomic mass is 17.1. The van der Waals surface area contributed by atoms with Crippen LogP contribution in [0.15, 0.2) is 0 Å². The predicted molar refractivity (Wildman–Crippen MR) is 41.6 cm³/mol. The van der Waals surface area contributed by atoms with E-state index in [2.05, 4.69) is 18.7 Å². The first kappa shape index (κ1) is 9.92. The Morgan fingerprint density at radius 3 is 2.60 bits per heavy atom. The van der Waals surface area contributed by atoms with Crippen LogP contribution in [0.5, 0.6) is 0 Å². The molecule has 1 radical (unpaired) electrons. The van der Waals surface area contributed by atoms with Gasteiger partial charge in [-0.15, -0.1) is 0 Å². The van der Waals surface area contributed by atoms with Crippen molar-refractivity contribution >= 4 is 0 Å². The summed E-state index contributed by atoms with van der Waals surface area (Å²) in [4.78, 5) is 4.25. The Bertz CT molecular complexity index is 64.3. The Kier molecular flexibility index (Phi) is 6.98. The zero-order valence-corrected chi connectivity index (χ0v) is 6.68. The van der Waals surface area contributed by atoms with Gasteiger partial charge >= 0.3 is 0 Å². The third kappa shape index (κ3) is 4.77. The van der Waals surface area contributed by atoms with Crippen molar-refractivity contribution in [1.82, 2.24) is 0 Å². The minimum absolute atomic E-state index is 0.0115. The Morgan fingerprint density at radius 2 is 2.20 bits per heavy atom. The molecule has 0 heterocycles. The first-order chi connectivity index (χ1) is 4.85. The Balaban J connectivity index is 3.21. The van der Waals surface area contributed by atoms with E-state index in [-0.39, 0.29) is 6.10 Å². The third-order valence-electron chi connectivity index (χ3n) is 1.55. The van der Waals surface area contributed by atoms with Gasteiger partial charge in [0.2, 0.25) is 0 Å². The Labute approximate surface area is 63.1 Å². The summed E-state index contributed by atoms with van der Waals surface area (Å²) in [6, 6.07) is 0. The molecule has 0 saturated heterocycles. The average molecular weight is 145 g/mol. The van der Waals surface area contributed by atoms with Crippen LogP contribution in [0.4, 0.5) is 0 Å². The Morgan fingerprint density at radius 1 is 1.50 bits per heavy atom. The molecule has 0 amide bonds. The molecule has 0 aliphatic heterocycles. The highest BCUT2D eigenvalue weighted by Crippen LogP contribution is 2.08. The van der Waals surface area contributed by atoms with E-state index in [1.54, 1.807) is 0 Å². The minimum atomic E-state index is 0.0115. The van der Waals surface area contributed by atoms with E-state index >= 15 is 0 Å². The molecule has 0 aromatic rings. The van der Waals surface area contributed by atoms with Crippen LogP contribution in [0.2, 0.25) is 0 Å². The van der Waals surface area contributed by atoms with E-state index in [4.69, 9.17) is 5.26 Å². The van der Waals surface area contributed by atoms with Gasteiger partial charge in [0.05, 0.1) is 6.10 Å².